The van der Waals surface area contributed by atoms with Gasteiger partial charge in [0.1, 0.15) is 0 Å². The van der Waals surface area contributed by atoms with Crippen molar-refractivity contribution in [2.45, 2.75) is 6.92 Å². The summed E-state index contributed by atoms with van der Waals surface area (Å²) in [6.07, 6.45) is 3.92. The average molecular weight is 301 g/mol. The molecular formula is C15H13BrN2. The standard InChI is InChI=1S/C15H13BrN2/c1-10-14(8-13(16)9-17-10)11-3-4-15-12(7-11)5-6-18(15)2/h3-9H,1-2H3. The van der Waals surface area contributed by atoms with E-state index in [0.29, 0.717) is 0 Å². The van der Waals surface area contributed by atoms with E-state index >= 15 is 0 Å². The van der Waals surface area contributed by atoms with Crippen molar-refractivity contribution >= 4 is 26.8 Å². The Balaban J connectivity index is 2.22. The van der Waals surface area contributed by atoms with E-state index < -0.39 is 0 Å². The topological polar surface area (TPSA) is 17.8 Å². The lowest BCUT2D eigenvalue weighted by molar-refractivity contribution is 0.969. The average Bonchev–Trinajstić information content (AvgIpc) is 2.74. The number of benzene rings is 1. The molecule has 0 aliphatic carbocycles. The van der Waals surface area contributed by atoms with Gasteiger partial charge in [-0.15, -0.1) is 0 Å². The van der Waals surface area contributed by atoms with E-state index in [1.807, 2.05) is 13.1 Å². The molecule has 2 aromatic heterocycles. The Morgan fingerprint density at radius 1 is 1.17 bits per heavy atom. The molecule has 0 atom stereocenters. The summed E-state index contributed by atoms with van der Waals surface area (Å²) in [5.41, 5.74) is 4.68. The fraction of sp³-hybridized carbons (Fsp3) is 0.133. The van der Waals surface area contributed by atoms with E-state index in [2.05, 4.69) is 69.1 Å². The summed E-state index contributed by atoms with van der Waals surface area (Å²) in [6, 6.07) is 10.8. The molecule has 3 heteroatoms. The first-order valence-electron chi connectivity index (χ1n) is 5.83. The van der Waals surface area contributed by atoms with Crippen molar-refractivity contribution in [1.82, 2.24) is 9.55 Å². The highest BCUT2D eigenvalue weighted by molar-refractivity contribution is 9.10. The van der Waals surface area contributed by atoms with Gasteiger partial charge in [0.05, 0.1) is 0 Å². The summed E-state index contributed by atoms with van der Waals surface area (Å²) < 4.78 is 3.14. The molecule has 0 unspecified atom stereocenters. The maximum atomic E-state index is 4.39. The second-order valence-electron chi connectivity index (χ2n) is 4.49. The van der Waals surface area contributed by atoms with Gasteiger partial charge in [-0.1, -0.05) is 6.07 Å². The number of aromatic nitrogens is 2. The predicted molar refractivity (Wildman–Crippen MR) is 78.6 cm³/mol. The van der Waals surface area contributed by atoms with Crippen LogP contribution in [0.3, 0.4) is 0 Å². The Labute approximate surface area is 114 Å². The molecule has 0 saturated carbocycles. The van der Waals surface area contributed by atoms with Crippen molar-refractivity contribution in [3.05, 3.63) is 52.9 Å². The van der Waals surface area contributed by atoms with Crippen LogP contribution in [-0.2, 0) is 7.05 Å². The minimum Gasteiger partial charge on any atom is -0.351 e. The molecule has 1 aromatic carbocycles. The number of hydrogen-bond donors (Lipinski definition) is 0. The SMILES string of the molecule is Cc1ncc(Br)cc1-c1ccc2c(ccn2C)c1. The van der Waals surface area contributed by atoms with Crippen molar-refractivity contribution < 1.29 is 0 Å². The van der Waals surface area contributed by atoms with Crippen LogP contribution in [0.25, 0.3) is 22.0 Å². The third kappa shape index (κ3) is 1.85. The number of hydrogen-bond acceptors (Lipinski definition) is 1. The molecule has 0 spiro atoms. The normalized spacial score (nSPS) is 11.1. The van der Waals surface area contributed by atoms with E-state index in [4.69, 9.17) is 0 Å². The van der Waals surface area contributed by atoms with Crippen LogP contribution in [-0.4, -0.2) is 9.55 Å². The van der Waals surface area contributed by atoms with Crippen molar-refractivity contribution in [2.24, 2.45) is 7.05 Å². The third-order valence-corrected chi connectivity index (χ3v) is 3.68. The zero-order valence-electron chi connectivity index (χ0n) is 10.3. The molecule has 3 aromatic rings. The molecule has 2 heterocycles. The Kier molecular flexibility index (Phi) is 2.71. The minimum atomic E-state index is 1.01. The van der Waals surface area contributed by atoms with Gasteiger partial charge >= 0.3 is 0 Å². The lowest BCUT2D eigenvalue weighted by Crippen LogP contribution is -1.88. The van der Waals surface area contributed by atoms with Gasteiger partial charge in [0.2, 0.25) is 0 Å². The number of pyridine rings is 1. The van der Waals surface area contributed by atoms with Crippen LogP contribution in [0.5, 0.6) is 0 Å². The predicted octanol–water partition coefficient (Wildman–Crippen LogP) is 4.31. The number of nitrogens with zero attached hydrogens (tertiary/aromatic N) is 2. The Morgan fingerprint density at radius 3 is 2.83 bits per heavy atom. The van der Waals surface area contributed by atoms with Gasteiger partial charge in [-0.3, -0.25) is 4.98 Å². The molecule has 0 aliphatic heterocycles. The van der Waals surface area contributed by atoms with Crippen molar-refractivity contribution in [2.75, 3.05) is 0 Å². The van der Waals surface area contributed by atoms with E-state index in [1.165, 1.54) is 22.0 Å². The van der Waals surface area contributed by atoms with Crippen LogP contribution < -0.4 is 0 Å². The van der Waals surface area contributed by atoms with Crippen molar-refractivity contribution in [3.63, 3.8) is 0 Å². The van der Waals surface area contributed by atoms with Crippen LogP contribution in [0.2, 0.25) is 0 Å². The second kappa shape index (κ2) is 4.25. The summed E-state index contributed by atoms with van der Waals surface area (Å²) >= 11 is 3.48. The molecule has 0 bridgehead atoms. The Morgan fingerprint density at radius 2 is 2.00 bits per heavy atom. The highest BCUT2D eigenvalue weighted by atomic mass is 79.9. The zero-order valence-corrected chi connectivity index (χ0v) is 11.9. The van der Waals surface area contributed by atoms with E-state index in [-0.39, 0.29) is 0 Å². The molecular weight excluding hydrogens is 288 g/mol. The monoisotopic (exact) mass is 300 g/mol. The number of halogens is 1. The quantitative estimate of drug-likeness (QED) is 0.655. The molecule has 2 nitrogen and oxygen atoms in total. The molecule has 0 saturated heterocycles. The van der Waals surface area contributed by atoms with E-state index in [0.717, 1.165) is 10.2 Å². The van der Waals surface area contributed by atoms with Gasteiger partial charge in [-0.2, -0.15) is 0 Å². The van der Waals surface area contributed by atoms with Crippen LogP contribution in [0.1, 0.15) is 5.69 Å². The fourth-order valence-corrected chi connectivity index (χ4v) is 2.58. The smallest absolute Gasteiger partial charge is 0.0478 e. The first-order chi connectivity index (χ1) is 8.65. The van der Waals surface area contributed by atoms with Gasteiger partial charge in [-0.05, 0) is 52.7 Å². The van der Waals surface area contributed by atoms with Crippen molar-refractivity contribution in [3.8, 4) is 11.1 Å². The van der Waals surface area contributed by atoms with Crippen LogP contribution >= 0.6 is 15.9 Å². The minimum absolute atomic E-state index is 1.01. The molecule has 0 N–H and O–H groups in total. The fourth-order valence-electron chi connectivity index (χ4n) is 2.25. The van der Waals surface area contributed by atoms with E-state index in [9.17, 15) is 0 Å². The molecule has 0 aliphatic rings. The summed E-state index contributed by atoms with van der Waals surface area (Å²) in [4.78, 5) is 4.39. The first-order valence-corrected chi connectivity index (χ1v) is 6.62. The Hall–Kier alpha value is -1.61. The van der Waals surface area contributed by atoms with Gasteiger partial charge < -0.3 is 4.57 Å². The second-order valence-corrected chi connectivity index (χ2v) is 5.40. The lowest BCUT2D eigenvalue weighted by atomic mass is 10.0. The highest BCUT2D eigenvalue weighted by Crippen LogP contribution is 2.28. The van der Waals surface area contributed by atoms with E-state index in [1.54, 1.807) is 0 Å². The third-order valence-electron chi connectivity index (χ3n) is 3.25. The van der Waals surface area contributed by atoms with Gasteiger partial charge in [0, 0.05) is 46.1 Å². The maximum Gasteiger partial charge on any atom is 0.0478 e. The maximum absolute atomic E-state index is 4.39. The van der Waals surface area contributed by atoms with Crippen LogP contribution in [0.15, 0.2) is 47.2 Å². The molecule has 0 fully saturated rings. The van der Waals surface area contributed by atoms with Crippen molar-refractivity contribution in [1.29, 1.82) is 0 Å². The van der Waals surface area contributed by atoms with Gasteiger partial charge in [-0.25, -0.2) is 0 Å². The van der Waals surface area contributed by atoms with Crippen LogP contribution in [0.4, 0.5) is 0 Å². The molecule has 90 valence electrons. The molecule has 3 rings (SSSR count). The number of rotatable bonds is 1. The van der Waals surface area contributed by atoms with Gasteiger partial charge in [0.15, 0.2) is 0 Å². The Bertz CT molecular complexity index is 728. The summed E-state index contributed by atoms with van der Waals surface area (Å²) in [5.74, 6) is 0. The summed E-state index contributed by atoms with van der Waals surface area (Å²) in [6.45, 7) is 2.04. The summed E-state index contributed by atoms with van der Waals surface area (Å²) in [7, 11) is 2.06. The molecule has 18 heavy (non-hydrogen) atoms. The lowest BCUT2D eigenvalue weighted by Gasteiger charge is -2.06. The largest absolute Gasteiger partial charge is 0.351 e. The molecule has 0 amide bonds. The number of fused-ring (bicyclic) bond motifs is 1. The van der Waals surface area contributed by atoms with Crippen LogP contribution in [0, 0.1) is 6.92 Å². The summed E-state index contributed by atoms with van der Waals surface area (Å²) in [5, 5.41) is 1.26. The first kappa shape index (κ1) is 11.5. The number of aryl methyl sites for hydroxylation is 2. The molecule has 0 radical (unpaired) electrons. The van der Waals surface area contributed by atoms with Gasteiger partial charge in [0.25, 0.3) is 0 Å². The zero-order chi connectivity index (χ0) is 12.7. The highest BCUT2D eigenvalue weighted by Gasteiger charge is 2.06.